The molecule has 0 aliphatic rings. The number of ether oxygens (including phenoxy) is 1. The smallest absolute Gasteiger partial charge is 0.295 e. The van der Waals surface area contributed by atoms with Crippen molar-refractivity contribution in [2.45, 2.75) is 0 Å². The first-order valence-corrected chi connectivity index (χ1v) is 9.73. The molecule has 6 nitrogen and oxygen atoms in total. The van der Waals surface area contributed by atoms with Crippen molar-refractivity contribution in [3.63, 3.8) is 0 Å². The number of methoxy groups -OCH3 is 1. The molecule has 0 unspecified atom stereocenters. The molecule has 4 aromatic rings. The summed E-state index contributed by atoms with van der Waals surface area (Å²) >= 11 is 11.9. The highest BCUT2D eigenvalue weighted by Crippen LogP contribution is 2.25. The average molecular weight is 439 g/mol. The van der Waals surface area contributed by atoms with Gasteiger partial charge in [0.2, 0.25) is 5.82 Å². The van der Waals surface area contributed by atoms with Crippen LogP contribution < -0.4 is 10.1 Å². The van der Waals surface area contributed by atoms with Crippen LogP contribution in [0.25, 0.3) is 17.1 Å². The van der Waals surface area contributed by atoms with Gasteiger partial charge in [-0.25, -0.2) is 9.67 Å². The molecule has 8 heteroatoms. The SMILES string of the molecule is COc1ccc(-c2nc(C(=O)Nc3ccc(Cl)cc3)nn2-c2ccc(Cl)cc2)cc1. The summed E-state index contributed by atoms with van der Waals surface area (Å²) in [5.41, 5.74) is 2.10. The van der Waals surface area contributed by atoms with Gasteiger partial charge in [0.1, 0.15) is 5.75 Å². The number of carbonyl (C=O) groups is 1. The van der Waals surface area contributed by atoms with E-state index in [0.29, 0.717) is 21.6 Å². The molecule has 4 rings (SSSR count). The highest BCUT2D eigenvalue weighted by Gasteiger charge is 2.19. The van der Waals surface area contributed by atoms with Crippen LogP contribution in [0.3, 0.4) is 0 Å². The second kappa shape index (κ2) is 8.57. The van der Waals surface area contributed by atoms with Crippen LogP contribution in [-0.4, -0.2) is 27.8 Å². The Hall–Kier alpha value is -3.35. The number of anilines is 1. The number of hydrogen-bond donors (Lipinski definition) is 1. The predicted molar refractivity (Wildman–Crippen MR) is 118 cm³/mol. The molecule has 1 heterocycles. The lowest BCUT2D eigenvalue weighted by Crippen LogP contribution is -2.14. The summed E-state index contributed by atoms with van der Waals surface area (Å²) in [5.74, 6) is 0.837. The van der Waals surface area contributed by atoms with Crippen molar-refractivity contribution < 1.29 is 9.53 Å². The minimum absolute atomic E-state index is 0.0331. The lowest BCUT2D eigenvalue weighted by Gasteiger charge is -2.07. The molecule has 1 N–H and O–H groups in total. The van der Waals surface area contributed by atoms with E-state index in [1.165, 1.54) is 0 Å². The number of amides is 1. The van der Waals surface area contributed by atoms with E-state index in [9.17, 15) is 4.79 Å². The molecule has 0 aliphatic heterocycles. The Kier molecular flexibility index (Phi) is 5.70. The first-order chi connectivity index (χ1) is 14.5. The zero-order chi connectivity index (χ0) is 21.1. The Morgan fingerprint density at radius 1 is 0.900 bits per heavy atom. The van der Waals surface area contributed by atoms with Crippen LogP contribution in [-0.2, 0) is 0 Å². The first kappa shape index (κ1) is 19.9. The monoisotopic (exact) mass is 438 g/mol. The number of nitrogens with one attached hydrogen (secondary N) is 1. The zero-order valence-electron chi connectivity index (χ0n) is 15.8. The Bertz CT molecular complexity index is 1170. The molecule has 0 spiro atoms. The molecular formula is C22H16Cl2N4O2. The lowest BCUT2D eigenvalue weighted by molar-refractivity contribution is 0.101. The van der Waals surface area contributed by atoms with E-state index < -0.39 is 5.91 Å². The second-order valence-corrected chi connectivity index (χ2v) is 7.21. The molecule has 0 bridgehead atoms. The van der Waals surface area contributed by atoms with Crippen molar-refractivity contribution in [2.75, 3.05) is 12.4 Å². The van der Waals surface area contributed by atoms with E-state index in [-0.39, 0.29) is 5.82 Å². The van der Waals surface area contributed by atoms with Gasteiger partial charge in [-0.05, 0) is 72.8 Å². The maximum absolute atomic E-state index is 12.8. The van der Waals surface area contributed by atoms with E-state index in [4.69, 9.17) is 27.9 Å². The van der Waals surface area contributed by atoms with Crippen molar-refractivity contribution in [3.8, 4) is 22.8 Å². The number of halogens is 2. The van der Waals surface area contributed by atoms with Gasteiger partial charge in [0.15, 0.2) is 5.82 Å². The predicted octanol–water partition coefficient (Wildman–Crippen LogP) is 5.50. The first-order valence-electron chi connectivity index (χ1n) is 8.98. The number of benzene rings is 3. The standard InChI is InChI=1S/C22H16Cl2N4O2/c1-30-19-12-2-14(3-13-19)21-26-20(22(29)25-17-8-4-15(23)5-9-17)27-28(21)18-10-6-16(24)7-11-18/h2-13H,1H3,(H,25,29). The van der Waals surface area contributed by atoms with Crippen molar-refractivity contribution in [1.29, 1.82) is 0 Å². The summed E-state index contributed by atoms with van der Waals surface area (Å²) in [5, 5.41) is 8.40. The zero-order valence-corrected chi connectivity index (χ0v) is 17.4. The lowest BCUT2D eigenvalue weighted by atomic mass is 10.2. The van der Waals surface area contributed by atoms with Crippen LogP contribution >= 0.6 is 23.2 Å². The highest BCUT2D eigenvalue weighted by molar-refractivity contribution is 6.30. The molecule has 3 aromatic carbocycles. The van der Waals surface area contributed by atoms with Gasteiger partial charge in [-0.3, -0.25) is 4.79 Å². The second-order valence-electron chi connectivity index (χ2n) is 6.34. The fraction of sp³-hybridized carbons (Fsp3) is 0.0455. The summed E-state index contributed by atoms with van der Waals surface area (Å²) < 4.78 is 6.83. The Labute approximate surface area is 183 Å². The molecule has 0 radical (unpaired) electrons. The Morgan fingerprint density at radius 2 is 1.50 bits per heavy atom. The van der Waals surface area contributed by atoms with Gasteiger partial charge in [0, 0.05) is 21.3 Å². The molecule has 0 atom stereocenters. The molecule has 30 heavy (non-hydrogen) atoms. The number of aromatic nitrogens is 3. The Morgan fingerprint density at radius 3 is 2.10 bits per heavy atom. The highest BCUT2D eigenvalue weighted by atomic mass is 35.5. The van der Waals surface area contributed by atoms with Gasteiger partial charge >= 0.3 is 0 Å². The molecule has 0 fully saturated rings. The molecule has 1 amide bonds. The van der Waals surface area contributed by atoms with Crippen LogP contribution in [0, 0.1) is 0 Å². The molecule has 0 aliphatic carbocycles. The van der Waals surface area contributed by atoms with Crippen molar-refractivity contribution in [2.24, 2.45) is 0 Å². The van der Waals surface area contributed by atoms with Gasteiger partial charge in [-0.2, -0.15) is 0 Å². The quantitative estimate of drug-likeness (QED) is 0.446. The van der Waals surface area contributed by atoms with Crippen LogP contribution in [0.2, 0.25) is 10.0 Å². The van der Waals surface area contributed by atoms with Gasteiger partial charge in [0.25, 0.3) is 5.91 Å². The number of rotatable bonds is 5. The summed E-state index contributed by atoms with van der Waals surface area (Å²) in [6, 6.07) is 21.3. The van der Waals surface area contributed by atoms with Crippen molar-refractivity contribution in [3.05, 3.63) is 88.7 Å². The van der Waals surface area contributed by atoms with Gasteiger partial charge in [-0.15, -0.1) is 5.10 Å². The summed E-state index contributed by atoms with van der Waals surface area (Å²) in [6.45, 7) is 0. The normalized spacial score (nSPS) is 10.6. The summed E-state index contributed by atoms with van der Waals surface area (Å²) in [4.78, 5) is 17.2. The van der Waals surface area contributed by atoms with Crippen LogP contribution in [0.4, 0.5) is 5.69 Å². The Balaban J connectivity index is 1.73. The van der Waals surface area contributed by atoms with Crippen LogP contribution in [0.1, 0.15) is 10.6 Å². The third-order valence-corrected chi connectivity index (χ3v) is 4.84. The topological polar surface area (TPSA) is 69.0 Å². The molecule has 1 aromatic heterocycles. The third kappa shape index (κ3) is 4.30. The number of nitrogens with zero attached hydrogens (tertiary/aromatic N) is 3. The van der Waals surface area contributed by atoms with Crippen molar-refractivity contribution >= 4 is 34.8 Å². The van der Waals surface area contributed by atoms with E-state index in [1.54, 1.807) is 48.2 Å². The molecule has 0 saturated carbocycles. The molecular weight excluding hydrogens is 423 g/mol. The maximum Gasteiger partial charge on any atom is 0.295 e. The minimum atomic E-state index is -0.431. The van der Waals surface area contributed by atoms with Gasteiger partial charge in [0.05, 0.1) is 12.8 Å². The van der Waals surface area contributed by atoms with E-state index >= 15 is 0 Å². The van der Waals surface area contributed by atoms with Crippen molar-refractivity contribution in [1.82, 2.24) is 14.8 Å². The summed E-state index contributed by atoms with van der Waals surface area (Å²) in [6.07, 6.45) is 0. The largest absolute Gasteiger partial charge is 0.497 e. The molecule has 0 saturated heterocycles. The molecule has 150 valence electrons. The fourth-order valence-electron chi connectivity index (χ4n) is 2.82. The average Bonchev–Trinajstić information content (AvgIpc) is 3.21. The van der Waals surface area contributed by atoms with Crippen LogP contribution in [0.15, 0.2) is 72.8 Å². The van der Waals surface area contributed by atoms with Crippen LogP contribution in [0.5, 0.6) is 5.75 Å². The number of carbonyl (C=O) groups excluding carboxylic acids is 1. The third-order valence-electron chi connectivity index (χ3n) is 4.33. The minimum Gasteiger partial charge on any atom is -0.497 e. The number of hydrogen-bond acceptors (Lipinski definition) is 4. The van der Waals surface area contributed by atoms with E-state index in [2.05, 4.69) is 15.4 Å². The van der Waals surface area contributed by atoms with E-state index in [1.807, 2.05) is 36.4 Å². The fourth-order valence-corrected chi connectivity index (χ4v) is 3.07. The van der Waals surface area contributed by atoms with E-state index in [0.717, 1.165) is 17.0 Å². The van der Waals surface area contributed by atoms with Gasteiger partial charge < -0.3 is 10.1 Å². The summed E-state index contributed by atoms with van der Waals surface area (Å²) in [7, 11) is 1.60. The maximum atomic E-state index is 12.8. The van der Waals surface area contributed by atoms with Gasteiger partial charge in [-0.1, -0.05) is 23.2 Å².